The first-order chi connectivity index (χ1) is 8.77. The van der Waals surface area contributed by atoms with Crippen molar-refractivity contribution in [2.45, 2.75) is 71.1 Å². The third kappa shape index (κ3) is 14.9. The number of carbonyl (C=O) groups is 1. The van der Waals surface area contributed by atoms with E-state index in [0.29, 0.717) is 6.42 Å². The molecule has 0 aliphatic rings. The fourth-order valence-electron chi connectivity index (χ4n) is 1.85. The summed E-state index contributed by atoms with van der Waals surface area (Å²) in [4.78, 5) is 10.3. The van der Waals surface area contributed by atoms with E-state index in [-0.39, 0.29) is 0 Å². The molecule has 0 aliphatic heterocycles. The number of hydrogen-bond donors (Lipinski definition) is 1. The summed E-state index contributed by atoms with van der Waals surface area (Å²) in [5, 5.41) is 8.48. The lowest BCUT2D eigenvalue weighted by Crippen LogP contribution is -1.93. The Morgan fingerprint density at radius 2 is 1.50 bits per heavy atom. The first kappa shape index (κ1) is 16.9. The molecule has 0 saturated carbocycles. The van der Waals surface area contributed by atoms with Gasteiger partial charge in [-0.25, -0.2) is 0 Å². The molecule has 0 aromatic rings. The fraction of sp³-hybridized carbons (Fsp3) is 0.688. The topological polar surface area (TPSA) is 37.3 Å². The van der Waals surface area contributed by atoms with Crippen LogP contribution in [0.1, 0.15) is 71.1 Å². The van der Waals surface area contributed by atoms with Gasteiger partial charge in [0.1, 0.15) is 0 Å². The normalized spacial score (nSPS) is 11.6. The summed E-state index contributed by atoms with van der Waals surface area (Å²) in [5.74, 6) is -0.667. The molecule has 0 radical (unpaired) electrons. The summed E-state index contributed by atoms with van der Waals surface area (Å²) in [7, 11) is 0. The van der Waals surface area contributed by atoms with Crippen molar-refractivity contribution >= 4 is 5.97 Å². The van der Waals surface area contributed by atoms with Gasteiger partial charge in [-0.3, -0.25) is 4.79 Å². The van der Waals surface area contributed by atoms with Crippen molar-refractivity contribution < 1.29 is 9.90 Å². The molecule has 1 N–H and O–H groups in total. The summed E-state index contributed by atoms with van der Waals surface area (Å²) < 4.78 is 0. The van der Waals surface area contributed by atoms with Gasteiger partial charge in [0.2, 0.25) is 0 Å². The Kier molecular flexibility index (Phi) is 13.2. The monoisotopic (exact) mass is 252 g/mol. The molecule has 0 rings (SSSR count). The van der Waals surface area contributed by atoms with Crippen LogP contribution in [0.4, 0.5) is 0 Å². The molecule has 0 bridgehead atoms. The van der Waals surface area contributed by atoms with Crippen molar-refractivity contribution in [3.8, 4) is 0 Å². The highest BCUT2D eigenvalue weighted by molar-refractivity contribution is 5.66. The quantitative estimate of drug-likeness (QED) is 0.387. The van der Waals surface area contributed by atoms with Crippen LogP contribution in [0.15, 0.2) is 24.3 Å². The minimum Gasteiger partial charge on any atom is -0.481 e. The van der Waals surface area contributed by atoms with Crippen molar-refractivity contribution in [1.82, 2.24) is 0 Å². The van der Waals surface area contributed by atoms with Crippen LogP contribution in [0, 0.1) is 0 Å². The Morgan fingerprint density at radius 3 is 2.11 bits per heavy atom. The van der Waals surface area contributed by atoms with Gasteiger partial charge in [-0.1, -0.05) is 56.4 Å². The van der Waals surface area contributed by atoms with Gasteiger partial charge in [-0.05, 0) is 32.6 Å². The molecule has 0 unspecified atom stereocenters. The van der Waals surface area contributed by atoms with Crippen LogP contribution < -0.4 is 0 Å². The first-order valence-corrected chi connectivity index (χ1v) is 7.25. The standard InChI is InChI=1S/C16H28O2/c1-2-3-4-5-6-7-8-9-10-11-12-13-14-15-16(17)18/h2-3,5-6H,4,7-15H2,1H3,(H,17,18). The predicted octanol–water partition coefficient (Wildman–Crippen LogP) is 5.10. The Balaban J connectivity index is 3.07. The highest BCUT2D eigenvalue weighted by Gasteiger charge is 1.96. The lowest BCUT2D eigenvalue weighted by atomic mass is 10.1. The highest BCUT2D eigenvalue weighted by atomic mass is 16.4. The Bertz CT molecular complexity index is 241. The second-order valence-corrected chi connectivity index (χ2v) is 4.68. The van der Waals surface area contributed by atoms with Gasteiger partial charge in [0.05, 0.1) is 0 Å². The van der Waals surface area contributed by atoms with Crippen molar-refractivity contribution in [2.24, 2.45) is 0 Å². The number of carboxylic acids is 1. The van der Waals surface area contributed by atoms with Crippen LogP contribution in [-0.2, 0) is 4.79 Å². The number of carboxylic acid groups (broad SMARTS) is 1. The number of allylic oxidation sites excluding steroid dienone is 4. The molecule has 0 aliphatic carbocycles. The van der Waals surface area contributed by atoms with Gasteiger partial charge in [0, 0.05) is 6.42 Å². The second kappa shape index (κ2) is 14.0. The van der Waals surface area contributed by atoms with Crippen LogP contribution in [0.3, 0.4) is 0 Å². The maximum atomic E-state index is 10.3. The zero-order chi connectivity index (χ0) is 13.5. The average molecular weight is 252 g/mol. The molecule has 0 atom stereocenters. The van der Waals surface area contributed by atoms with Crippen LogP contribution in [0.25, 0.3) is 0 Å². The lowest BCUT2D eigenvalue weighted by Gasteiger charge is -2.00. The van der Waals surface area contributed by atoms with Crippen molar-refractivity contribution in [3.63, 3.8) is 0 Å². The molecule has 104 valence electrons. The Morgan fingerprint density at radius 1 is 0.889 bits per heavy atom. The van der Waals surface area contributed by atoms with Crippen molar-refractivity contribution in [1.29, 1.82) is 0 Å². The van der Waals surface area contributed by atoms with Crippen LogP contribution in [-0.4, -0.2) is 11.1 Å². The lowest BCUT2D eigenvalue weighted by molar-refractivity contribution is -0.137. The molecule has 0 aromatic heterocycles. The molecule has 18 heavy (non-hydrogen) atoms. The number of hydrogen-bond acceptors (Lipinski definition) is 1. The maximum absolute atomic E-state index is 10.3. The summed E-state index contributed by atoms with van der Waals surface area (Å²) in [5.41, 5.74) is 0. The molecule has 0 amide bonds. The van der Waals surface area contributed by atoms with Crippen LogP contribution >= 0.6 is 0 Å². The molecule has 0 spiro atoms. The van der Waals surface area contributed by atoms with Gasteiger partial charge >= 0.3 is 5.97 Å². The Labute approximate surface area is 112 Å². The fourth-order valence-corrected chi connectivity index (χ4v) is 1.85. The van der Waals surface area contributed by atoms with Gasteiger partial charge < -0.3 is 5.11 Å². The van der Waals surface area contributed by atoms with Crippen LogP contribution in [0.5, 0.6) is 0 Å². The number of unbranched alkanes of at least 4 members (excludes halogenated alkanes) is 7. The first-order valence-electron chi connectivity index (χ1n) is 7.25. The predicted molar refractivity (Wildman–Crippen MR) is 77.8 cm³/mol. The minimum atomic E-state index is -0.667. The van der Waals surface area contributed by atoms with E-state index in [2.05, 4.69) is 24.3 Å². The molecule has 0 aromatic carbocycles. The zero-order valence-corrected chi connectivity index (χ0v) is 11.7. The summed E-state index contributed by atoms with van der Waals surface area (Å²) in [6, 6.07) is 0. The number of aliphatic carboxylic acids is 1. The Hall–Kier alpha value is -1.05. The third-order valence-electron chi connectivity index (χ3n) is 2.94. The largest absolute Gasteiger partial charge is 0.481 e. The van der Waals surface area contributed by atoms with E-state index in [1.807, 2.05) is 6.92 Å². The van der Waals surface area contributed by atoms with Gasteiger partial charge in [0.25, 0.3) is 0 Å². The summed E-state index contributed by atoms with van der Waals surface area (Å²) in [6.45, 7) is 2.05. The van der Waals surface area contributed by atoms with E-state index in [9.17, 15) is 4.79 Å². The molecular weight excluding hydrogens is 224 g/mol. The molecule has 0 fully saturated rings. The van der Waals surface area contributed by atoms with E-state index in [0.717, 1.165) is 19.3 Å². The number of rotatable bonds is 12. The molecule has 2 nitrogen and oxygen atoms in total. The molecular formula is C16H28O2. The summed E-state index contributed by atoms with van der Waals surface area (Å²) >= 11 is 0. The maximum Gasteiger partial charge on any atom is 0.303 e. The second-order valence-electron chi connectivity index (χ2n) is 4.68. The zero-order valence-electron chi connectivity index (χ0n) is 11.7. The molecule has 2 heteroatoms. The van der Waals surface area contributed by atoms with E-state index < -0.39 is 5.97 Å². The molecule has 0 saturated heterocycles. The van der Waals surface area contributed by atoms with E-state index in [1.54, 1.807) is 0 Å². The average Bonchev–Trinajstić information content (AvgIpc) is 2.34. The van der Waals surface area contributed by atoms with E-state index >= 15 is 0 Å². The van der Waals surface area contributed by atoms with Gasteiger partial charge in [-0.2, -0.15) is 0 Å². The van der Waals surface area contributed by atoms with Crippen molar-refractivity contribution in [2.75, 3.05) is 0 Å². The van der Waals surface area contributed by atoms with Crippen LogP contribution in [0.2, 0.25) is 0 Å². The molecule has 0 heterocycles. The SMILES string of the molecule is CC=CCC=CCCCCCCCCCC(=O)O. The summed E-state index contributed by atoms with van der Waals surface area (Å²) in [6.07, 6.45) is 19.5. The van der Waals surface area contributed by atoms with E-state index in [4.69, 9.17) is 5.11 Å². The van der Waals surface area contributed by atoms with Gasteiger partial charge in [0.15, 0.2) is 0 Å². The van der Waals surface area contributed by atoms with E-state index in [1.165, 1.54) is 38.5 Å². The highest BCUT2D eigenvalue weighted by Crippen LogP contribution is 2.10. The minimum absolute atomic E-state index is 0.330. The third-order valence-corrected chi connectivity index (χ3v) is 2.94. The van der Waals surface area contributed by atoms with Gasteiger partial charge in [-0.15, -0.1) is 0 Å². The van der Waals surface area contributed by atoms with Crippen molar-refractivity contribution in [3.05, 3.63) is 24.3 Å². The smallest absolute Gasteiger partial charge is 0.303 e.